The van der Waals surface area contributed by atoms with Crippen LogP contribution < -0.4 is 20.1 Å². The number of rotatable bonds is 0. The molecule has 2 N–H and O–H groups in total. The number of carbonyl (C=O) groups is 2. The number of nitrogens with one attached hydrogen (secondary N) is 2. The summed E-state index contributed by atoms with van der Waals surface area (Å²) in [5.74, 6) is 1.60. The van der Waals surface area contributed by atoms with Crippen LogP contribution in [0.25, 0.3) is 0 Å². The molecule has 46 heavy (non-hydrogen) atoms. The molecule has 0 radical (unpaired) electrons. The predicted molar refractivity (Wildman–Crippen MR) is 202 cm³/mol. The molecule has 4 aliphatic heterocycles. The van der Waals surface area contributed by atoms with Gasteiger partial charge in [0.2, 0.25) is 0 Å². The van der Waals surface area contributed by atoms with Crippen molar-refractivity contribution in [1.82, 2.24) is 15.5 Å². The number of nitrogens with zero attached hydrogens (tertiary/aromatic N) is 2. The maximum atomic E-state index is 13.2. The topological polar surface area (TPSA) is 92.3 Å². The number of alkyl halides is 1. The third kappa shape index (κ3) is 5.81. The van der Waals surface area contributed by atoms with Gasteiger partial charge in [0, 0.05) is 40.0 Å². The Morgan fingerprint density at radius 1 is 0.891 bits per heavy atom. The lowest BCUT2D eigenvalue weighted by molar-refractivity contribution is -0.134. The van der Waals surface area contributed by atoms with Crippen molar-refractivity contribution >= 4 is 101 Å². The van der Waals surface area contributed by atoms with E-state index in [9.17, 15) is 9.59 Å². The Labute approximate surface area is 310 Å². The number of thiocarbonyl (C=S) groups is 1. The maximum absolute atomic E-state index is 13.2. The van der Waals surface area contributed by atoms with Crippen LogP contribution in [-0.4, -0.2) is 56.4 Å². The SMILES string of the molecule is CI.CSC1=NC2(CC3(CCCC3)Oc3ccc(Br)cc32)C(=O)N1C.O=C1NC(=S)NC12CC1(CCCC1)Oc1ccc(Br)cc12. The molecule has 2 saturated carbocycles. The molecule has 0 bridgehead atoms. The van der Waals surface area contributed by atoms with Gasteiger partial charge in [-0.15, -0.1) is 0 Å². The molecule has 6 aliphatic rings. The Bertz CT molecular complexity index is 1610. The standard InChI is InChI=1S/C17H19BrN2O2S.C15H15BrN2O2S.CH3I/c1-20-14(21)17(19-15(20)23-2)10-16(7-3-4-8-16)22-13-6-5-11(18)9-12(13)17;16-9-3-4-11-10(7-9)15(12(19)17-13(21)18-15)8-14(20-11)5-1-2-6-14;1-2/h5-6,9H,3-4,7-8,10H2,1-2H3;3-4,7H,1-2,5-6,8H2,(H2,17,18,19,21);1H3. The molecule has 8 nitrogen and oxygen atoms in total. The molecule has 8 rings (SSSR count). The molecule has 2 aromatic carbocycles. The number of carbonyl (C=O) groups excluding carboxylic acids is 2. The van der Waals surface area contributed by atoms with Gasteiger partial charge < -0.3 is 20.1 Å². The normalized spacial score (nSPS) is 27.6. The highest BCUT2D eigenvalue weighted by molar-refractivity contribution is 14.1. The Balaban J connectivity index is 0.000000154. The smallest absolute Gasteiger partial charge is 0.261 e. The van der Waals surface area contributed by atoms with Gasteiger partial charge in [-0.1, -0.05) is 66.2 Å². The van der Waals surface area contributed by atoms with Crippen molar-refractivity contribution < 1.29 is 19.1 Å². The fourth-order valence-electron chi connectivity index (χ4n) is 8.04. The lowest BCUT2D eigenvalue weighted by Gasteiger charge is -2.44. The Morgan fingerprint density at radius 2 is 1.41 bits per heavy atom. The van der Waals surface area contributed by atoms with Gasteiger partial charge in [-0.3, -0.25) is 14.5 Å². The molecule has 246 valence electrons. The minimum absolute atomic E-state index is 0.0655. The molecule has 13 heteroatoms. The van der Waals surface area contributed by atoms with Crippen LogP contribution in [0.3, 0.4) is 0 Å². The van der Waals surface area contributed by atoms with E-state index in [-0.39, 0.29) is 23.0 Å². The first-order valence-electron chi connectivity index (χ1n) is 15.4. The van der Waals surface area contributed by atoms with Crippen molar-refractivity contribution in [3.05, 3.63) is 56.5 Å². The largest absolute Gasteiger partial charge is 0.487 e. The molecule has 2 aromatic rings. The second-order valence-electron chi connectivity index (χ2n) is 12.8. The monoisotopic (exact) mass is 902 g/mol. The van der Waals surface area contributed by atoms with Crippen molar-refractivity contribution in [2.75, 3.05) is 18.2 Å². The van der Waals surface area contributed by atoms with E-state index < -0.39 is 11.1 Å². The number of likely N-dealkylation sites (N-methyl/N-ethyl adjacent to an activating group) is 1. The van der Waals surface area contributed by atoms with Crippen LogP contribution in [0.15, 0.2) is 50.3 Å². The second kappa shape index (κ2) is 13.1. The molecule has 0 aromatic heterocycles. The van der Waals surface area contributed by atoms with Crippen LogP contribution >= 0.6 is 78.4 Å². The molecular formula is C33H37Br2IN4O4S2. The molecule has 1 saturated heterocycles. The van der Waals surface area contributed by atoms with Crippen molar-refractivity contribution in [3.63, 3.8) is 0 Å². The van der Waals surface area contributed by atoms with E-state index in [4.69, 9.17) is 26.7 Å². The maximum Gasteiger partial charge on any atom is 0.261 e. The van der Waals surface area contributed by atoms with E-state index in [2.05, 4.69) is 65.1 Å². The molecular weight excluding hydrogens is 867 g/mol. The summed E-state index contributed by atoms with van der Waals surface area (Å²) < 4.78 is 14.6. The zero-order valence-corrected chi connectivity index (χ0v) is 33.0. The fourth-order valence-corrected chi connectivity index (χ4v) is 9.64. The Hall–Kier alpha value is -1.42. The summed E-state index contributed by atoms with van der Waals surface area (Å²) >= 11 is 15.9. The second-order valence-corrected chi connectivity index (χ2v) is 15.8. The van der Waals surface area contributed by atoms with Crippen molar-refractivity contribution in [2.24, 2.45) is 4.99 Å². The zero-order chi connectivity index (χ0) is 32.9. The first kappa shape index (κ1) is 34.4. The number of hydrogen-bond donors (Lipinski definition) is 2. The van der Waals surface area contributed by atoms with Crippen LogP contribution in [0, 0.1) is 0 Å². The van der Waals surface area contributed by atoms with Crippen molar-refractivity contribution in [2.45, 2.75) is 86.5 Å². The molecule has 4 heterocycles. The minimum Gasteiger partial charge on any atom is -0.487 e. The first-order chi connectivity index (χ1) is 22.0. The van der Waals surface area contributed by atoms with Gasteiger partial charge in [-0.25, -0.2) is 4.99 Å². The highest BCUT2D eigenvalue weighted by Gasteiger charge is 2.59. The summed E-state index contributed by atoms with van der Waals surface area (Å²) in [6.07, 6.45) is 11.9. The first-order valence-corrected chi connectivity index (χ1v) is 20.8. The number of thioether (sulfide) groups is 1. The van der Waals surface area contributed by atoms with E-state index in [1.165, 1.54) is 11.8 Å². The average Bonchev–Trinajstić information content (AvgIpc) is 3.80. The highest BCUT2D eigenvalue weighted by Crippen LogP contribution is 2.55. The number of hydrogen-bond acceptors (Lipinski definition) is 7. The lowest BCUT2D eigenvalue weighted by Crippen LogP contribution is -2.54. The number of amidine groups is 1. The Morgan fingerprint density at radius 3 is 1.91 bits per heavy atom. The molecule has 2 amide bonds. The van der Waals surface area contributed by atoms with E-state index in [1.54, 1.807) is 4.90 Å². The van der Waals surface area contributed by atoms with Crippen molar-refractivity contribution in [3.8, 4) is 11.5 Å². The predicted octanol–water partition coefficient (Wildman–Crippen LogP) is 7.73. The number of fused-ring (bicyclic) bond motifs is 4. The van der Waals surface area contributed by atoms with E-state index in [0.717, 1.165) is 88.1 Å². The van der Waals surface area contributed by atoms with Crippen LogP contribution in [0.4, 0.5) is 0 Å². The minimum atomic E-state index is -0.825. The Kier molecular flexibility index (Phi) is 9.83. The number of amides is 2. The van der Waals surface area contributed by atoms with Gasteiger partial charge in [0.25, 0.3) is 11.8 Å². The third-order valence-corrected chi connectivity index (χ3v) is 11.9. The van der Waals surface area contributed by atoms with Crippen LogP contribution in [-0.2, 0) is 20.7 Å². The molecule has 2 aliphatic carbocycles. The van der Waals surface area contributed by atoms with Gasteiger partial charge in [-0.05, 0) is 111 Å². The van der Waals surface area contributed by atoms with Crippen molar-refractivity contribution in [1.29, 1.82) is 0 Å². The quantitative estimate of drug-likeness (QED) is 0.159. The van der Waals surface area contributed by atoms with Crippen LogP contribution in [0.2, 0.25) is 0 Å². The van der Waals surface area contributed by atoms with E-state index >= 15 is 0 Å². The summed E-state index contributed by atoms with van der Waals surface area (Å²) in [6, 6.07) is 11.8. The summed E-state index contributed by atoms with van der Waals surface area (Å²) in [7, 11) is 1.82. The summed E-state index contributed by atoms with van der Waals surface area (Å²) in [4.78, 5) is 34.4. The summed E-state index contributed by atoms with van der Waals surface area (Å²) in [5.41, 5.74) is -0.343. The summed E-state index contributed by atoms with van der Waals surface area (Å²) in [5, 5.41) is 7.17. The zero-order valence-electron chi connectivity index (χ0n) is 26.0. The highest BCUT2D eigenvalue weighted by atomic mass is 127. The lowest BCUT2D eigenvalue weighted by atomic mass is 9.75. The van der Waals surface area contributed by atoms with Gasteiger partial charge in [0.05, 0.1) is 0 Å². The number of aliphatic imine (C=N–C) groups is 1. The third-order valence-electron chi connectivity index (χ3n) is 9.99. The van der Waals surface area contributed by atoms with E-state index in [0.29, 0.717) is 18.0 Å². The average molecular weight is 905 g/mol. The molecule has 3 fully saturated rings. The number of ether oxygens (including phenoxy) is 2. The van der Waals surface area contributed by atoms with Gasteiger partial charge >= 0.3 is 0 Å². The van der Waals surface area contributed by atoms with Crippen LogP contribution in [0.1, 0.15) is 75.3 Å². The fraction of sp³-hybridized carbons (Fsp3) is 0.515. The molecule has 4 spiro atoms. The number of benzene rings is 2. The number of halogens is 3. The summed E-state index contributed by atoms with van der Waals surface area (Å²) in [6.45, 7) is 0. The molecule has 2 atom stereocenters. The van der Waals surface area contributed by atoms with Gasteiger partial charge in [0.1, 0.15) is 22.7 Å². The van der Waals surface area contributed by atoms with Gasteiger partial charge in [-0.2, -0.15) is 0 Å². The van der Waals surface area contributed by atoms with Gasteiger partial charge in [0.15, 0.2) is 21.4 Å². The molecule has 2 unspecified atom stereocenters. The van der Waals surface area contributed by atoms with E-state index in [1.807, 2.05) is 54.6 Å². The van der Waals surface area contributed by atoms with Crippen LogP contribution in [0.5, 0.6) is 11.5 Å².